The highest BCUT2D eigenvalue weighted by atomic mass is 35.5. The number of hydrogen-bond acceptors (Lipinski definition) is 2. The summed E-state index contributed by atoms with van der Waals surface area (Å²) in [5.41, 5.74) is 1.61. The summed E-state index contributed by atoms with van der Waals surface area (Å²) in [6.07, 6.45) is 1.68. The van der Waals surface area contributed by atoms with Crippen LogP contribution in [0.1, 0.15) is 18.8 Å². The quantitative estimate of drug-likeness (QED) is 0.789. The molecule has 0 radical (unpaired) electrons. The molecule has 0 spiro atoms. The molecule has 104 valence electrons. The van der Waals surface area contributed by atoms with Crippen LogP contribution in [0.5, 0.6) is 0 Å². The van der Waals surface area contributed by atoms with E-state index in [1.165, 1.54) is 0 Å². The highest BCUT2D eigenvalue weighted by Gasteiger charge is 2.17. The summed E-state index contributed by atoms with van der Waals surface area (Å²) in [7, 11) is -0.894. The van der Waals surface area contributed by atoms with Crippen molar-refractivity contribution in [3.8, 4) is 0 Å². The second kappa shape index (κ2) is 6.00. The molecule has 2 aromatic rings. The Balaban J connectivity index is 2.62. The van der Waals surface area contributed by atoms with E-state index in [4.69, 9.17) is 34.8 Å². The van der Waals surface area contributed by atoms with Crippen molar-refractivity contribution in [1.82, 2.24) is 9.55 Å². The molecule has 0 aliphatic rings. The zero-order chi connectivity index (χ0) is 14.2. The monoisotopic (exact) mass is 338 g/mol. The van der Waals surface area contributed by atoms with Crippen molar-refractivity contribution in [3.63, 3.8) is 0 Å². The third-order valence-electron chi connectivity index (χ3n) is 2.84. The van der Waals surface area contributed by atoms with Crippen LogP contribution < -0.4 is 0 Å². The third kappa shape index (κ3) is 3.07. The molecule has 2 unspecified atom stereocenters. The van der Waals surface area contributed by atoms with Gasteiger partial charge in [-0.2, -0.15) is 0 Å². The molecule has 2 atom stereocenters. The Morgan fingerprint density at radius 2 is 2.00 bits per heavy atom. The Labute approximate surface area is 129 Å². The first kappa shape index (κ1) is 15.1. The van der Waals surface area contributed by atoms with Gasteiger partial charge in [-0.3, -0.25) is 4.21 Å². The summed E-state index contributed by atoms with van der Waals surface area (Å²) in [6, 6.07) is 3.53. The average molecular weight is 340 g/mol. The highest BCUT2D eigenvalue weighted by Crippen LogP contribution is 2.30. The molecule has 0 bridgehead atoms. The van der Waals surface area contributed by atoms with Crippen LogP contribution in [0.2, 0.25) is 10.0 Å². The van der Waals surface area contributed by atoms with Crippen molar-refractivity contribution in [2.75, 3.05) is 12.0 Å². The molecular weight excluding hydrogens is 327 g/mol. The molecule has 0 fully saturated rings. The molecule has 19 heavy (non-hydrogen) atoms. The van der Waals surface area contributed by atoms with Crippen molar-refractivity contribution in [2.45, 2.75) is 18.8 Å². The molecule has 0 N–H and O–H groups in total. The molecule has 0 saturated carbocycles. The number of halogens is 3. The lowest BCUT2D eigenvalue weighted by Gasteiger charge is -2.15. The number of benzene rings is 1. The third-order valence-corrected chi connectivity index (χ3v) is 4.75. The maximum Gasteiger partial charge on any atom is 0.125 e. The second-order valence-electron chi connectivity index (χ2n) is 4.38. The topological polar surface area (TPSA) is 34.9 Å². The van der Waals surface area contributed by atoms with E-state index in [0.29, 0.717) is 15.8 Å². The normalized spacial score (nSPS) is 14.8. The van der Waals surface area contributed by atoms with E-state index >= 15 is 0 Å². The first-order valence-corrected chi connectivity index (χ1v) is 8.67. The van der Waals surface area contributed by atoms with E-state index in [2.05, 4.69) is 4.98 Å². The number of hydrogen-bond donors (Lipinski definition) is 0. The summed E-state index contributed by atoms with van der Waals surface area (Å²) in [4.78, 5) is 4.45. The van der Waals surface area contributed by atoms with Gasteiger partial charge in [0.2, 0.25) is 0 Å². The van der Waals surface area contributed by atoms with Crippen LogP contribution in [0.15, 0.2) is 12.1 Å². The molecule has 3 nitrogen and oxygen atoms in total. The maximum absolute atomic E-state index is 11.4. The first-order valence-electron chi connectivity index (χ1n) is 5.66. The van der Waals surface area contributed by atoms with Gasteiger partial charge in [-0.1, -0.05) is 23.2 Å². The van der Waals surface area contributed by atoms with E-state index in [1.807, 2.05) is 11.5 Å². The zero-order valence-corrected chi connectivity index (χ0v) is 13.6. The Morgan fingerprint density at radius 1 is 1.37 bits per heavy atom. The molecule has 1 aromatic heterocycles. The van der Waals surface area contributed by atoms with Gasteiger partial charge in [-0.25, -0.2) is 4.98 Å². The lowest BCUT2D eigenvalue weighted by Crippen LogP contribution is -2.15. The van der Waals surface area contributed by atoms with Gasteiger partial charge >= 0.3 is 0 Å². The van der Waals surface area contributed by atoms with Gasteiger partial charge in [0.1, 0.15) is 5.82 Å². The van der Waals surface area contributed by atoms with Crippen LogP contribution in [-0.2, 0) is 16.7 Å². The van der Waals surface area contributed by atoms with Crippen molar-refractivity contribution in [3.05, 3.63) is 28.0 Å². The summed E-state index contributed by atoms with van der Waals surface area (Å²) in [5, 5.41) is 0.938. The average Bonchev–Trinajstić information content (AvgIpc) is 2.66. The Hall–Kier alpha value is -0.290. The van der Waals surface area contributed by atoms with E-state index in [9.17, 15) is 4.21 Å². The van der Waals surface area contributed by atoms with Gasteiger partial charge in [0.25, 0.3) is 0 Å². The molecule has 1 heterocycles. The van der Waals surface area contributed by atoms with Gasteiger partial charge in [0.05, 0.1) is 27.0 Å². The SMILES string of the molecule is CC(CS(C)=O)n1c(CCl)nc2cc(Cl)c(Cl)cc21. The van der Waals surface area contributed by atoms with Crippen molar-refractivity contribution in [2.24, 2.45) is 0 Å². The number of aromatic nitrogens is 2. The first-order chi connectivity index (χ1) is 8.93. The Bertz CT molecular complexity index is 641. The largest absolute Gasteiger partial charge is 0.323 e. The minimum atomic E-state index is -0.894. The lowest BCUT2D eigenvalue weighted by atomic mass is 10.3. The van der Waals surface area contributed by atoms with E-state index in [1.54, 1.807) is 18.4 Å². The molecule has 1 aromatic carbocycles. The fourth-order valence-electron chi connectivity index (χ4n) is 2.14. The van der Waals surface area contributed by atoms with E-state index in [-0.39, 0.29) is 11.9 Å². The van der Waals surface area contributed by atoms with Gasteiger partial charge in [0, 0.05) is 28.9 Å². The van der Waals surface area contributed by atoms with Gasteiger partial charge in [-0.05, 0) is 19.1 Å². The molecular formula is C12H13Cl3N2OS. The fourth-order valence-corrected chi connectivity index (χ4v) is 3.47. The molecule has 0 aliphatic heterocycles. The summed E-state index contributed by atoms with van der Waals surface area (Å²) in [6.45, 7) is 1.99. The predicted molar refractivity (Wildman–Crippen MR) is 83.0 cm³/mol. The highest BCUT2D eigenvalue weighted by molar-refractivity contribution is 7.84. The molecule has 2 rings (SSSR count). The number of imidazole rings is 1. The fraction of sp³-hybridized carbons (Fsp3) is 0.417. The summed E-state index contributed by atoms with van der Waals surface area (Å²) in [5.74, 6) is 1.55. The molecule has 0 amide bonds. The van der Waals surface area contributed by atoms with Gasteiger partial charge < -0.3 is 4.57 Å². The van der Waals surface area contributed by atoms with Crippen LogP contribution in [0.3, 0.4) is 0 Å². The second-order valence-corrected chi connectivity index (χ2v) is 6.94. The smallest absolute Gasteiger partial charge is 0.125 e. The van der Waals surface area contributed by atoms with E-state index in [0.717, 1.165) is 16.9 Å². The van der Waals surface area contributed by atoms with E-state index < -0.39 is 10.8 Å². The van der Waals surface area contributed by atoms with Crippen LogP contribution in [0.25, 0.3) is 11.0 Å². The van der Waals surface area contributed by atoms with Crippen molar-refractivity contribution in [1.29, 1.82) is 0 Å². The van der Waals surface area contributed by atoms with Gasteiger partial charge in [0.15, 0.2) is 0 Å². The van der Waals surface area contributed by atoms with Crippen LogP contribution in [-0.4, -0.2) is 25.8 Å². The standard InChI is InChI=1S/C12H13Cl3N2OS/c1-7(6-19(2)18)17-11-4-9(15)8(14)3-10(11)16-12(17)5-13/h3-4,7H,5-6H2,1-2H3. The number of fused-ring (bicyclic) bond motifs is 1. The zero-order valence-electron chi connectivity index (χ0n) is 10.5. The van der Waals surface area contributed by atoms with Crippen molar-refractivity contribution < 1.29 is 4.21 Å². The molecule has 7 heteroatoms. The summed E-state index contributed by atoms with van der Waals surface area (Å²) >= 11 is 18.0. The number of nitrogens with zero attached hydrogens (tertiary/aromatic N) is 2. The Morgan fingerprint density at radius 3 is 2.58 bits per heavy atom. The minimum Gasteiger partial charge on any atom is -0.323 e. The number of rotatable bonds is 4. The predicted octanol–water partition coefficient (Wildman–Crippen LogP) is 4.02. The molecule has 0 aliphatic carbocycles. The van der Waals surface area contributed by atoms with Crippen LogP contribution in [0, 0.1) is 0 Å². The molecule has 0 saturated heterocycles. The maximum atomic E-state index is 11.4. The minimum absolute atomic E-state index is 0.0295. The van der Waals surface area contributed by atoms with Gasteiger partial charge in [-0.15, -0.1) is 11.6 Å². The van der Waals surface area contributed by atoms with Crippen LogP contribution >= 0.6 is 34.8 Å². The number of alkyl halides is 1. The Kier molecular flexibility index (Phi) is 4.77. The van der Waals surface area contributed by atoms with Crippen LogP contribution in [0.4, 0.5) is 0 Å². The summed E-state index contributed by atoms with van der Waals surface area (Å²) < 4.78 is 13.4. The van der Waals surface area contributed by atoms with Crippen molar-refractivity contribution >= 4 is 56.6 Å². The lowest BCUT2D eigenvalue weighted by molar-refractivity contribution is 0.594.